The number of carbonyl (C=O) groups excluding carboxylic acids is 1. The summed E-state index contributed by atoms with van der Waals surface area (Å²) in [6.07, 6.45) is 3.55. The lowest BCUT2D eigenvalue weighted by molar-refractivity contribution is 0.0696. The van der Waals surface area contributed by atoms with E-state index in [0.717, 1.165) is 25.9 Å². The zero-order chi connectivity index (χ0) is 18.7. The maximum absolute atomic E-state index is 13.0. The first kappa shape index (κ1) is 17.8. The van der Waals surface area contributed by atoms with Gasteiger partial charge in [-0.05, 0) is 49.1 Å². The molecule has 2 aromatic rings. The van der Waals surface area contributed by atoms with Gasteiger partial charge in [0.15, 0.2) is 0 Å². The molecule has 1 aliphatic heterocycles. The van der Waals surface area contributed by atoms with Gasteiger partial charge < -0.3 is 15.3 Å². The molecule has 0 saturated carbocycles. The summed E-state index contributed by atoms with van der Waals surface area (Å²) in [5.74, 6) is -1.09. The molecular weight excluding hydrogens is 337 g/mol. The lowest BCUT2D eigenvalue weighted by Gasteiger charge is -2.32. The van der Waals surface area contributed by atoms with Gasteiger partial charge in [-0.2, -0.15) is 0 Å². The minimum Gasteiger partial charge on any atom is -0.478 e. The number of aromatic nitrogens is 1. The van der Waals surface area contributed by atoms with Gasteiger partial charge in [0.1, 0.15) is 17.2 Å². The van der Waals surface area contributed by atoms with E-state index < -0.39 is 17.7 Å². The van der Waals surface area contributed by atoms with Crippen molar-refractivity contribution in [1.82, 2.24) is 4.98 Å². The minimum atomic E-state index is -1.09. The summed E-state index contributed by atoms with van der Waals surface area (Å²) < 4.78 is 13.0. The van der Waals surface area contributed by atoms with E-state index in [2.05, 4.69) is 17.2 Å². The van der Waals surface area contributed by atoms with Crippen molar-refractivity contribution in [3.8, 4) is 0 Å². The maximum atomic E-state index is 13.0. The average Bonchev–Trinajstić information content (AvgIpc) is 2.62. The zero-order valence-electron chi connectivity index (χ0n) is 14.4. The molecule has 7 heteroatoms. The Balaban J connectivity index is 1.83. The van der Waals surface area contributed by atoms with Gasteiger partial charge in [-0.3, -0.25) is 4.79 Å². The molecule has 0 radical (unpaired) electrons. The van der Waals surface area contributed by atoms with Crippen molar-refractivity contribution in [2.24, 2.45) is 5.92 Å². The number of carboxylic acids is 1. The van der Waals surface area contributed by atoms with Crippen molar-refractivity contribution < 1.29 is 19.1 Å². The molecule has 3 rings (SSSR count). The van der Waals surface area contributed by atoms with Crippen molar-refractivity contribution in [3.63, 3.8) is 0 Å². The molecule has 1 fully saturated rings. The third kappa shape index (κ3) is 3.99. The van der Waals surface area contributed by atoms with Gasteiger partial charge in [-0.1, -0.05) is 6.92 Å². The third-order valence-electron chi connectivity index (χ3n) is 4.42. The van der Waals surface area contributed by atoms with E-state index in [1.165, 1.54) is 36.5 Å². The van der Waals surface area contributed by atoms with E-state index in [-0.39, 0.29) is 16.8 Å². The van der Waals surface area contributed by atoms with Crippen LogP contribution >= 0.6 is 0 Å². The van der Waals surface area contributed by atoms with Crippen LogP contribution in [-0.2, 0) is 0 Å². The van der Waals surface area contributed by atoms with Crippen LogP contribution in [0, 0.1) is 11.7 Å². The molecule has 0 bridgehead atoms. The van der Waals surface area contributed by atoms with Gasteiger partial charge in [0.05, 0.1) is 11.9 Å². The molecule has 1 saturated heterocycles. The van der Waals surface area contributed by atoms with E-state index in [0.29, 0.717) is 11.7 Å². The topological polar surface area (TPSA) is 82.5 Å². The molecule has 0 aliphatic carbocycles. The standard InChI is InChI=1S/C19H20FN3O3/c1-12-3-2-8-23(11-12)17-16(19(25)26)9-15(10-21-17)22-18(24)13-4-6-14(20)7-5-13/h4-7,9-10,12H,2-3,8,11H2,1H3,(H,22,24)(H,25,26). The Hall–Kier alpha value is -2.96. The van der Waals surface area contributed by atoms with Gasteiger partial charge in [-0.15, -0.1) is 0 Å². The lowest BCUT2D eigenvalue weighted by Crippen LogP contribution is -2.36. The van der Waals surface area contributed by atoms with Crippen LogP contribution in [0.5, 0.6) is 0 Å². The summed E-state index contributed by atoms with van der Waals surface area (Å²) in [6, 6.07) is 6.51. The van der Waals surface area contributed by atoms with Crippen molar-refractivity contribution in [2.75, 3.05) is 23.3 Å². The number of amides is 1. The minimum absolute atomic E-state index is 0.0519. The Morgan fingerprint density at radius 2 is 2.04 bits per heavy atom. The van der Waals surface area contributed by atoms with E-state index in [9.17, 15) is 19.1 Å². The van der Waals surface area contributed by atoms with Crippen molar-refractivity contribution in [1.29, 1.82) is 0 Å². The third-order valence-corrected chi connectivity index (χ3v) is 4.42. The summed E-state index contributed by atoms with van der Waals surface area (Å²) in [7, 11) is 0. The second kappa shape index (κ2) is 7.51. The maximum Gasteiger partial charge on any atom is 0.339 e. The monoisotopic (exact) mass is 357 g/mol. The average molecular weight is 357 g/mol. The number of anilines is 2. The molecule has 1 aromatic heterocycles. The summed E-state index contributed by atoms with van der Waals surface area (Å²) in [5.41, 5.74) is 0.610. The van der Waals surface area contributed by atoms with E-state index >= 15 is 0 Å². The molecule has 26 heavy (non-hydrogen) atoms. The number of nitrogens with zero attached hydrogens (tertiary/aromatic N) is 2. The van der Waals surface area contributed by atoms with Gasteiger partial charge in [0.2, 0.25) is 0 Å². The van der Waals surface area contributed by atoms with Crippen LogP contribution in [0.15, 0.2) is 36.5 Å². The summed E-state index contributed by atoms with van der Waals surface area (Å²) in [4.78, 5) is 30.2. The van der Waals surface area contributed by atoms with Crippen LogP contribution in [0.3, 0.4) is 0 Å². The molecule has 2 N–H and O–H groups in total. The number of piperidine rings is 1. The van der Waals surface area contributed by atoms with E-state index in [1.807, 2.05) is 4.90 Å². The fourth-order valence-corrected chi connectivity index (χ4v) is 3.12. The summed E-state index contributed by atoms with van der Waals surface area (Å²) in [5, 5.41) is 12.2. The lowest BCUT2D eigenvalue weighted by atomic mass is 10.00. The fourth-order valence-electron chi connectivity index (χ4n) is 3.12. The van der Waals surface area contributed by atoms with Crippen LogP contribution in [-0.4, -0.2) is 35.1 Å². The van der Waals surface area contributed by atoms with Crippen molar-refractivity contribution in [3.05, 3.63) is 53.5 Å². The number of hydrogen-bond acceptors (Lipinski definition) is 4. The van der Waals surface area contributed by atoms with Gasteiger partial charge >= 0.3 is 5.97 Å². The molecule has 136 valence electrons. The highest BCUT2D eigenvalue weighted by Gasteiger charge is 2.23. The number of pyridine rings is 1. The van der Waals surface area contributed by atoms with Gasteiger partial charge in [-0.25, -0.2) is 14.2 Å². The van der Waals surface area contributed by atoms with Crippen molar-refractivity contribution in [2.45, 2.75) is 19.8 Å². The van der Waals surface area contributed by atoms with Crippen LogP contribution in [0.1, 0.15) is 40.5 Å². The molecule has 6 nitrogen and oxygen atoms in total. The Bertz CT molecular complexity index is 823. The normalized spacial score (nSPS) is 17.0. The first-order chi connectivity index (χ1) is 12.4. The second-order valence-electron chi connectivity index (χ2n) is 6.55. The highest BCUT2D eigenvalue weighted by molar-refractivity contribution is 6.05. The Labute approximate surface area is 150 Å². The van der Waals surface area contributed by atoms with E-state index in [4.69, 9.17) is 0 Å². The number of benzene rings is 1. The highest BCUT2D eigenvalue weighted by atomic mass is 19.1. The Morgan fingerprint density at radius 1 is 1.31 bits per heavy atom. The van der Waals surface area contributed by atoms with Gasteiger partial charge in [0.25, 0.3) is 5.91 Å². The molecule has 1 aliphatic rings. The first-order valence-corrected chi connectivity index (χ1v) is 8.49. The molecule has 2 heterocycles. The first-order valence-electron chi connectivity index (χ1n) is 8.49. The quantitative estimate of drug-likeness (QED) is 0.876. The largest absolute Gasteiger partial charge is 0.478 e. The Kier molecular flexibility index (Phi) is 5.16. The zero-order valence-corrected chi connectivity index (χ0v) is 14.4. The van der Waals surface area contributed by atoms with Crippen LogP contribution < -0.4 is 10.2 Å². The summed E-state index contributed by atoms with van der Waals surface area (Å²) >= 11 is 0. The molecule has 1 amide bonds. The Morgan fingerprint density at radius 3 is 2.69 bits per heavy atom. The molecule has 1 unspecified atom stereocenters. The number of halogens is 1. The number of aromatic carboxylic acids is 1. The number of carboxylic acid groups (broad SMARTS) is 1. The highest BCUT2D eigenvalue weighted by Crippen LogP contribution is 2.26. The van der Waals surface area contributed by atoms with Gasteiger partial charge in [0, 0.05) is 18.7 Å². The van der Waals surface area contributed by atoms with E-state index in [1.54, 1.807) is 0 Å². The molecular formula is C19H20FN3O3. The summed E-state index contributed by atoms with van der Waals surface area (Å²) in [6.45, 7) is 3.65. The molecule has 1 aromatic carbocycles. The number of carbonyl (C=O) groups is 2. The SMILES string of the molecule is CC1CCCN(c2ncc(NC(=O)c3ccc(F)cc3)cc2C(=O)O)C1. The smallest absolute Gasteiger partial charge is 0.339 e. The van der Waals surface area contributed by atoms with Crippen LogP contribution in [0.4, 0.5) is 15.9 Å². The molecule has 1 atom stereocenters. The molecule has 0 spiro atoms. The predicted molar refractivity (Wildman–Crippen MR) is 96.2 cm³/mol. The fraction of sp³-hybridized carbons (Fsp3) is 0.316. The van der Waals surface area contributed by atoms with Crippen molar-refractivity contribution >= 4 is 23.4 Å². The predicted octanol–water partition coefficient (Wildman–Crippen LogP) is 3.41. The second-order valence-corrected chi connectivity index (χ2v) is 6.55. The van der Waals surface area contributed by atoms with Crippen LogP contribution in [0.25, 0.3) is 0 Å². The number of nitrogens with one attached hydrogen (secondary N) is 1. The van der Waals surface area contributed by atoms with Crippen LogP contribution in [0.2, 0.25) is 0 Å². The number of hydrogen-bond donors (Lipinski definition) is 2. The number of rotatable bonds is 4.